The molecule has 0 aliphatic heterocycles. The van der Waals surface area contributed by atoms with Gasteiger partial charge in [-0.15, -0.1) is 0 Å². The van der Waals surface area contributed by atoms with E-state index in [4.69, 9.17) is 10.2 Å². The van der Waals surface area contributed by atoms with E-state index in [1.165, 1.54) is 12.2 Å². The fourth-order valence-electron chi connectivity index (χ4n) is 1.54. The molecule has 0 radical (unpaired) electrons. The monoisotopic (exact) mass is 352 g/mol. The number of rotatable bonds is 3. The quantitative estimate of drug-likeness (QED) is 0.764. The highest BCUT2D eigenvalue weighted by Gasteiger charge is 2.41. The van der Waals surface area contributed by atoms with Crippen molar-refractivity contribution in [1.82, 2.24) is 0 Å². The molecule has 1 aliphatic rings. The van der Waals surface area contributed by atoms with Crippen LogP contribution in [-0.2, 0) is 9.59 Å². The Bertz CT molecular complexity index is 400. The number of alkyl halides is 1. The molecule has 88 valence electrons. The number of carbonyl (C=O) groups is 2. The first-order valence-corrected chi connectivity index (χ1v) is 6.16. The molecule has 0 saturated heterocycles. The Balaban J connectivity index is 3.25. The number of allylic oxidation sites excluding steroid dienone is 1. The van der Waals surface area contributed by atoms with Crippen LogP contribution >= 0.6 is 31.9 Å². The Morgan fingerprint density at radius 2 is 2.06 bits per heavy atom. The van der Waals surface area contributed by atoms with Crippen LogP contribution in [0.25, 0.3) is 0 Å². The van der Waals surface area contributed by atoms with Crippen LogP contribution in [-0.4, -0.2) is 26.5 Å². The van der Waals surface area contributed by atoms with Crippen LogP contribution in [0.3, 0.4) is 0 Å². The van der Waals surface area contributed by atoms with E-state index in [1.807, 2.05) is 0 Å². The second-order valence-corrected chi connectivity index (χ2v) is 5.80. The van der Waals surface area contributed by atoms with Gasteiger partial charge in [-0.2, -0.15) is 0 Å². The zero-order valence-corrected chi connectivity index (χ0v) is 11.6. The number of carboxylic acids is 2. The number of carboxylic acid groups (broad SMARTS) is 2. The average Bonchev–Trinajstić information content (AvgIpc) is 2.20. The van der Waals surface area contributed by atoms with Crippen LogP contribution in [0.2, 0.25) is 0 Å². The maximum Gasteiger partial charge on any atom is 0.336 e. The second kappa shape index (κ2) is 4.71. The third-order valence-electron chi connectivity index (χ3n) is 2.51. The van der Waals surface area contributed by atoms with E-state index in [9.17, 15) is 9.59 Å². The van der Waals surface area contributed by atoms with E-state index in [0.717, 1.165) is 0 Å². The smallest absolute Gasteiger partial charge is 0.336 e. The van der Waals surface area contributed by atoms with E-state index in [2.05, 4.69) is 31.9 Å². The molecular weight excluding hydrogens is 344 g/mol. The second-order valence-electron chi connectivity index (χ2n) is 3.47. The number of halogens is 2. The molecule has 1 aliphatic carbocycles. The Labute approximate surface area is 109 Å². The molecule has 0 spiro atoms. The Morgan fingerprint density at radius 1 is 1.50 bits per heavy atom. The molecule has 0 aromatic heterocycles. The third-order valence-corrected chi connectivity index (χ3v) is 4.48. The van der Waals surface area contributed by atoms with Gasteiger partial charge in [-0.3, -0.25) is 4.79 Å². The SMILES string of the molecule is CCC1(Br)C=C(C(=O)O)C(Br)=CC1C(=O)O. The van der Waals surface area contributed by atoms with Gasteiger partial charge in [0.1, 0.15) is 0 Å². The molecule has 0 fully saturated rings. The minimum atomic E-state index is -1.08. The summed E-state index contributed by atoms with van der Waals surface area (Å²) < 4.78 is -0.542. The molecule has 2 atom stereocenters. The van der Waals surface area contributed by atoms with Gasteiger partial charge in [0.2, 0.25) is 0 Å². The third kappa shape index (κ3) is 2.38. The molecule has 0 saturated carbocycles. The molecule has 16 heavy (non-hydrogen) atoms. The molecular formula is C10H10Br2O4. The summed E-state index contributed by atoms with van der Waals surface area (Å²) in [6, 6.07) is 0. The lowest BCUT2D eigenvalue weighted by Crippen LogP contribution is -2.36. The summed E-state index contributed by atoms with van der Waals surface area (Å²) in [5.41, 5.74) is 0.0798. The Morgan fingerprint density at radius 3 is 2.44 bits per heavy atom. The normalized spacial score (nSPS) is 29.3. The van der Waals surface area contributed by atoms with Gasteiger partial charge in [-0.1, -0.05) is 50.9 Å². The van der Waals surface area contributed by atoms with E-state index < -0.39 is 22.2 Å². The van der Waals surface area contributed by atoms with Gasteiger partial charge >= 0.3 is 11.9 Å². The van der Waals surface area contributed by atoms with Gasteiger partial charge in [0.05, 0.1) is 15.8 Å². The first kappa shape index (κ1) is 13.4. The van der Waals surface area contributed by atoms with Crippen molar-refractivity contribution >= 4 is 43.8 Å². The highest BCUT2D eigenvalue weighted by Crippen LogP contribution is 2.42. The summed E-state index contributed by atoms with van der Waals surface area (Å²) in [6.45, 7) is 1.80. The van der Waals surface area contributed by atoms with Crippen molar-refractivity contribution in [1.29, 1.82) is 0 Å². The molecule has 0 bridgehead atoms. The van der Waals surface area contributed by atoms with E-state index in [0.29, 0.717) is 10.9 Å². The maximum absolute atomic E-state index is 11.1. The van der Waals surface area contributed by atoms with Gasteiger partial charge in [-0.05, 0) is 6.42 Å². The van der Waals surface area contributed by atoms with Gasteiger partial charge < -0.3 is 10.2 Å². The molecule has 0 aromatic rings. The maximum atomic E-state index is 11.1. The summed E-state index contributed by atoms with van der Waals surface area (Å²) in [5, 5.41) is 18.0. The first-order valence-electron chi connectivity index (χ1n) is 4.57. The van der Waals surface area contributed by atoms with Crippen molar-refractivity contribution < 1.29 is 19.8 Å². The average molecular weight is 354 g/mol. The summed E-state index contributed by atoms with van der Waals surface area (Å²) in [7, 11) is 0. The van der Waals surface area contributed by atoms with Crippen LogP contribution < -0.4 is 0 Å². The predicted octanol–water partition coefficient (Wildman–Crippen LogP) is 2.53. The van der Waals surface area contributed by atoms with E-state index >= 15 is 0 Å². The van der Waals surface area contributed by atoms with E-state index in [1.54, 1.807) is 6.92 Å². The predicted molar refractivity (Wildman–Crippen MR) is 65.8 cm³/mol. The molecule has 0 amide bonds. The zero-order chi connectivity index (χ0) is 12.5. The topological polar surface area (TPSA) is 74.6 Å². The number of aliphatic carboxylic acids is 2. The highest BCUT2D eigenvalue weighted by molar-refractivity contribution is 9.12. The first-order chi connectivity index (χ1) is 7.31. The minimum Gasteiger partial charge on any atom is -0.481 e. The standard InChI is InChI=1S/C10H10Br2O4/c1-2-10(12)4-5(8(13)14)7(11)3-6(10)9(15)16/h3-4,6H,2H2,1H3,(H,13,14)(H,15,16). The highest BCUT2D eigenvalue weighted by atomic mass is 79.9. The van der Waals surface area contributed by atoms with Crippen molar-refractivity contribution in [2.75, 3.05) is 0 Å². The van der Waals surface area contributed by atoms with Crippen LogP contribution in [0.5, 0.6) is 0 Å². The van der Waals surface area contributed by atoms with E-state index in [-0.39, 0.29) is 5.57 Å². The van der Waals surface area contributed by atoms with Crippen molar-refractivity contribution in [2.45, 2.75) is 17.7 Å². The van der Waals surface area contributed by atoms with Crippen molar-refractivity contribution in [3.8, 4) is 0 Å². The largest absolute Gasteiger partial charge is 0.481 e. The van der Waals surface area contributed by atoms with Gasteiger partial charge in [0.15, 0.2) is 0 Å². The summed E-state index contributed by atoms with van der Waals surface area (Å²) in [6.07, 6.45) is 3.33. The molecule has 2 unspecified atom stereocenters. The molecule has 0 aromatic carbocycles. The molecule has 1 rings (SSSR count). The van der Waals surface area contributed by atoms with Gasteiger partial charge in [0.25, 0.3) is 0 Å². The molecule has 4 nitrogen and oxygen atoms in total. The molecule has 6 heteroatoms. The van der Waals surface area contributed by atoms with Crippen LogP contribution in [0.15, 0.2) is 22.2 Å². The Kier molecular flexibility index (Phi) is 3.96. The minimum absolute atomic E-state index is 0.0798. The zero-order valence-electron chi connectivity index (χ0n) is 8.41. The van der Waals surface area contributed by atoms with Crippen LogP contribution in [0.1, 0.15) is 13.3 Å². The molecule has 0 heterocycles. The van der Waals surface area contributed by atoms with Crippen molar-refractivity contribution in [3.05, 3.63) is 22.2 Å². The number of hydrogen-bond acceptors (Lipinski definition) is 2. The van der Waals surface area contributed by atoms with Crippen LogP contribution in [0.4, 0.5) is 0 Å². The lowest BCUT2D eigenvalue weighted by molar-refractivity contribution is -0.141. The lowest BCUT2D eigenvalue weighted by atomic mass is 9.83. The fraction of sp³-hybridized carbons (Fsp3) is 0.400. The summed E-state index contributed by atoms with van der Waals surface area (Å²) in [4.78, 5) is 22.0. The van der Waals surface area contributed by atoms with Gasteiger partial charge in [-0.25, -0.2) is 4.79 Å². The van der Waals surface area contributed by atoms with Crippen LogP contribution in [0, 0.1) is 5.92 Å². The number of hydrogen-bond donors (Lipinski definition) is 2. The lowest BCUT2D eigenvalue weighted by Gasteiger charge is -2.31. The summed E-state index contributed by atoms with van der Waals surface area (Å²) >= 11 is 6.38. The summed E-state index contributed by atoms with van der Waals surface area (Å²) in [5.74, 6) is -2.85. The van der Waals surface area contributed by atoms with Gasteiger partial charge in [0, 0.05) is 4.48 Å². The Hall–Kier alpha value is -0.620. The molecule has 2 N–H and O–H groups in total. The van der Waals surface area contributed by atoms with Crippen molar-refractivity contribution in [2.24, 2.45) is 5.92 Å². The fourth-order valence-corrected chi connectivity index (χ4v) is 2.64. The van der Waals surface area contributed by atoms with Crippen molar-refractivity contribution in [3.63, 3.8) is 0 Å².